The highest BCUT2D eigenvalue weighted by Crippen LogP contribution is 2.21. The van der Waals surface area contributed by atoms with Gasteiger partial charge in [-0.15, -0.1) is 0 Å². The molecule has 1 aromatic carbocycles. The Balaban J connectivity index is 3.03. The zero-order valence-electron chi connectivity index (χ0n) is 12.0. The Morgan fingerprint density at radius 2 is 1.90 bits per heavy atom. The number of amides is 1. The van der Waals surface area contributed by atoms with Crippen LogP contribution < -0.4 is 15.2 Å². The maximum absolute atomic E-state index is 12.1. The lowest BCUT2D eigenvalue weighted by Crippen LogP contribution is -2.34. The molecule has 0 aliphatic rings. The minimum Gasteiger partial charge on any atom is -0.496 e. The van der Waals surface area contributed by atoms with E-state index in [1.165, 1.54) is 33.5 Å². The molecule has 0 bridgehead atoms. The lowest BCUT2D eigenvalue weighted by molar-refractivity contribution is -0.0960. The maximum atomic E-state index is 12.1. The maximum Gasteiger partial charge on any atom is 0.252 e. The second kappa shape index (κ2) is 7.36. The number of hydrogen-bond donors (Lipinski definition) is 2. The summed E-state index contributed by atoms with van der Waals surface area (Å²) >= 11 is 0. The van der Waals surface area contributed by atoms with Crippen LogP contribution in [-0.4, -0.2) is 48.5 Å². The molecule has 8 nitrogen and oxygen atoms in total. The van der Waals surface area contributed by atoms with Gasteiger partial charge in [-0.3, -0.25) is 4.79 Å². The smallest absolute Gasteiger partial charge is 0.252 e. The number of hydrogen-bond acceptors (Lipinski definition) is 6. The van der Waals surface area contributed by atoms with Gasteiger partial charge in [0.25, 0.3) is 5.91 Å². The molecule has 0 fully saturated rings. The van der Waals surface area contributed by atoms with Gasteiger partial charge >= 0.3 is 0 Å². The third-order valence-electron chi connectivity index (χ3n) is 2.71. The van der Waals surface area contributed by atoms with E-state index in [0.29, 0.717) is 0 Å². The van der Waals surface area contributed by atoms with Crippen molar-refractivity contribution < 1.29 is 27.4 Å². The SMILES string of the molecule is COc1ccc(S(=O)(=O)NCC(OC)OC)cc1C(N)=O. The molecule has 0 aromatic heterocycles. The second-order valence-electron chi connectivity index (χ2n) is 3.98. The van der Waals surface area contributed by atoms with Crippen molar-refractivity contribution in [2.24, 2.45) is 5.73 Å². The van der Waals surface area contributed by atoms with E-state index in [9.17, 15) is 13.2 Å². The highest BCUT2D eigenvalue weighted by Gasteiger charge is 2.20. The Labute approximate surface area is 123 Å². The van der Waals surface area contributed by atoms with Crippen LogP contribution in [0.25, 0.3) is 0 Å². The highest BCUT2D eigenvalue weighted by molar-refractivity contribution is 7.89. The number of carbonyl (C=O) groups is 1. The minimum absolute atomic E-state index is 0.0181. The summed E-state index contributed by atoms with van der Waals surface area (Å²) in [4.78, 5) is 11.2. The minimum atomic E-state index is -3.83. The van der Waals surface area contributed by atoms with Crippen LogP contribution in [0.2, 0.25) is 0 Å². The van der Waals surface area contributed by atoms with Gasteiger partial charge in [-0.2, -0.15) is 0 Å². The molecule has 0 aliphatic heterocycles. The first-order chi connectivity index (χ1) is 9.85. The van der Waals surface area contributed by atoms with Gasteiger partial charge in [0.05, 0.1) is 24.1 Å². The summed E-state index contributed by atoms with van der Waals surface area (Å²) in [6.07, 6.45) is -0.714. The molecule has 1 rings (SSSR count). The molecule has 9 heteroatoms. The normalized spacial score (nSPS) is 11.6. The van der Waals surface area contributed by atoms with E-state index in [2.05, 4.69) is 4.72 Å². The van der Waals surface area contributed by atoms with Crippen molar-refractivity contribution in [2.45, 2.75) is 11.2 Å². The van der Waals surface area contributed by atoms with E-state index in [4.69, 9.17) is 19.9 Å². The van der Waals surface area contributed by atoms with Crippen molar-refractivity contribution in [3.8, 4) is 5.75 Å². The van der Waals surface area contributed by atoms with E-state index in [-0.39, 0.29) is 22.8 Å². The topological polar surface area (TPSA) is 117 Å². The lowest BCUT2D eigenvalue weighted by Gasteiger charge is -2.15. The fourth-order valence-electron chi connectivity index (χ4n) is 1.57. The summed E-state index contributed by atoms with van der Waals surface area (Å²) in [5, 5.41) is 0. The Morgan fingerprint density at radius 1 is 1.29 bits per heavy atom. The van der Waals surface area contributed by atoms with Crippen molar-refractivity contribution >= 4 is 15.9 Å². The van der Waals surface area contributed by atoms with Gasteiger partial charge in [0.15, 0.2) is 6.29 Å². The third-order valence-corrected chi connectivity index (χ3v) is 4.13. The molecule has 0 heterocycles. The van der Waals surface area contributed by atoms with E-state index < -0.39 is 22.2 Å². The number of nitrogens with two attached hydrogens (primary N) is 1. The number of rotatable bonds is 8. The number of benzene rings is 1. The first kappa shape index (κ1) is 17.4. The molecule has 0 unspecified atom stereocenters. The zero-order chi connectivity index (χ0) is 16.0. The van der Waals surface area contributed by atoms with Crippen LogP contribution in [0.15, 0.2) is 23.1 Å². The van der Waals surface area contributed by atoms with Crippen molar-refractivity contribution in [1.82, 2.24) is 4.72 Å². The van der Waals surface area contributed by atoms with E-state index in [1.807, 2.05) is 0 Å². The van der Waals surface area contributed by atoms with Gasteiger partial charge in [-0.05, 0) is 18.2 Å². The molecule has 118 valence electrons. The quantitative estimate of drug-likeness (QED) is 0.635. The molecular weight excluding hydrogens is 300 g/mol. The monoisotopic (exact) mass is 318 g/mol. The van der Waals surface area contributed by atoms with Gasteiger partial charge in [0, 0.05) is 14.2 Å². The predicted octanol–water partition coefficient (Wildman–Crippen LogP) is -0.309. The average Bonchev–Trinajstić information content (AvgIpc) is 2.47. The summed E-state index contributed by atoms with van der Waals surface area (Å²) in [7, 11) is 0.307. The Bertz CT molecular complexity index is 598. The second-order valence-corrected chi connectivity index (χ2v) is 5.75. The van der Waals surface area contributed by atoms with E-state index in [0.717, 1.165) is 6.07 Å². The molecule has 0 atom stereocenters. The molecule has 0 spiro atoms. The molecule has 1 aromatic rings. The Hall–Kier alpha value is -1.68. The first-order valence-electron chi connectivity index (χ1n) is 5.88. The lowest BCUT2D eigenvalue weighted by atomic mass is 10.2. The summed E-state index contributed by atoms with van der Waals surface area (Å²) in [6, 6.07) is 3.82. The van der Waals surface area contributed by atoms with Gasteiger partial charge in [-0.25, -0.2) is 13.1 Å². The Kier molecular flexibility index (Phi) is 6.09. The summed E-state index contributed by atoms with van der Waals surface area (Å²) in [5.41, 5.74) is 5.18. The number of nitrogens with one attached hydrogen (secondary N) is 1. The molecule has 0 saturated heterocycles. The summed E-state index contributed by atoms with van der Waals surface area (Å²) < 4.78 is 41.3. The molecule has 0 radical (unpaired) electrons. The van der Waals surface area contributed by atoms with Crippen molar-refractivity contribution in [1.29, 1.82) is 0 Å². The zero-order valence-corrected chi connectivity index (χ0v) is 12.8. The van der Waals surface area contributed by atoms with E-state index in [1.54, 1.807) is 0 Å². The van der Waals surface area contributed by atoms with Crippen LogP contribution >= 0.6 is 0 Å². The van der Waals surface area contributed by atoms with Crippen LogP contribution in [-0.2, 0) is 19.5 Å². The van der Waals surface area contributed by atoms with Gasteiger partial charge in [0.1, 0.15) is 5.75 Å². The van der Waals surface area contributed by atoms with Crippen LogP contribution in [0.4, 0.5) is 0 Å². The standard InChI is InChI=1S/C12H18N2O6S/c1-18-10-5-4-8(6-9(10)12(13)15)21(16,17)14-7-11(19-2)20-3/h4-6,11,14H,7H2,1-3H3,(H2,13,15). The largest absolute Gasteiger partial charge is 0.496 e. The summed E-state index contributed by atoms with van der Waals surface area (Å²) in [6.45, 7) is -0.0761. The average molecular weight is 318 g/mol. The molecular formula is C12H18N2O6S. The fraction of sp³-hybridized carbons (Fsp3) is 0.417. The van der Waals surface area contributed by atoms with Gasteiger partial charge in [-0.1, -0.05) is 0 Å². The third kappa shape index (κ3) is 4.39. The molecule has 0 saturated carbocycles. The molecule has 1 amide bonds. The van der Waals surface area contributed by atoms with Crippen LogP contribution in [0.1, 0.15) is 10.4 Å². The van der Waals surface area contributed by atoms with Crippen molar-refractivity contribution in [3.05, 3.63) is 23.8 Å². The number of primary amides is 1. The molecule has 21 heavy (non-hydrogen) atoms. The predicted molar refractivity (Wildman–Crippen MR) is 74.5 cm³/mol. The van der Waals surface area contributed by atoms with Crippen LogP contribution in [0, 0.1) is 0 Å². The first-order valence-corrected chi connectivity index (χ1v) is 7.37. The van der Waals surface area contributed by atoms with Crippen LogP contribution in [0.3, 0.4) is 0 Å². The highest BCUT2D eigenvalue weighted by atomic mass is 32.2. The molecule has 0 aliphatic carbocycles. The van der Waals surface area contributed by atoms with E-state index >= 15 is 0 Å². The number of methoxy groups -OCH3 is 3. The van der Waals surface area contributed by atoms with Crippen molar-refractivity contribution in [3.63, 3.8) is 0 Å². The fourth-order valence-corrected chi connectivity index (χ4v) is 2.61. The van der Waals surface area contributed by atoms with Crippen molar-refractivity contribution in [2.75, 3.05) is 27.9 Å². The summed E-state index contributed by atoms with van der Waals surface area (Å²) in [5.74, 6) is -0.580. The number of carbonyl (C=O) groups excluding carboxylic acids is 1. The van der Waals surface area contributed by atoms with Gasteiger partial charge < -0.3 is 19.9 Å². The Morgan fingerprint density at radius 3 is 2.38 bits per heavy atom. The van der Waals surface area contributed by atoms with Gasteiger partial charge in [0.2, 0.25) is 10.0 Å². The number of sulfonamides is 1. The number of ether oxygens (including phenoxy) is 3. The molecule has 3 N–H and O–H groups in total. The van der Waals surface area contributed by atoms with Crippen LogP contribution in [0.5, 0.6) is 5.75 Å².